The first kappa shape index (κ1) is 35.8. The first-order chi connectivity index (χ1) is 30.2. The van der Waals surface area contributed by atoms with Gasteiger partial charge < -0.3 is 4.57 Å². The Balaban J connectivity index is 1.05. The van der Waals surface area contributed by atoms with Crippen molar-refractivity contribution in [2.75, 3.05) is 0 Å². The fourth-order valence-corrected chi connectivity index (χ4v) is 8.57. The Morgan fingerprint density at radius 3 is 1.93 bits per heavy atom. The molecule has 0 saturated heterocycles. The second-order valence-corrected chi connectivity index (χ2v) is 15.2. The van der Waals surface area contributed by atoms with Crippen LogP contribution in [-0.4, -0.2) is 27.4 Å². The molecule has 0 aliphatic carbocycles. The second kappa shape index (κ2) is 15.1. The summed E-state index contributed by atoms with van der Waals surface area (Å²) in [4.78, 5) is 14.7. The fraction of sp³-hybridized carbons (Fsp3) is 0. The number of pyridine rings is 1. The van der Waals surface area contributed by atoms with E-state index < -0.39 is 0 Å². The second-order valence-electron chi connectivity index (χ2n) is 15.2. The summed E-state index contributed by atoms with van der Waals surface area (Å²) >= 11 is 0. The van der Waals surface area contributed by atoms with Gasteiger partial charge >= 0.3 is 0 Å². The molecule has 2 aromatic heterocycles. The number of benzene rings is 9. The molecule has 0 spiro atoms. The van der Waals surface area contributed by atoms with Gasteiger partial charge in [0.15, 0.2) is 11.7 Å². The van der Waals surface area contributed by atoms with Crippen LogP contribution in [0.25, 0.3) is 82.3 Å². The zero-order valence-electron chi connectivity index (χ0n) is 33.1. The van der Waals surface area contributed by atoms with Crippen LogP contribution >= 0.6 is 0 Å². The zero-order chi connectivity index (χ0) is 40.7. The minimum absolute atomic E-state index is 0.166. The molecule has 0 radical (unpaired) electrons. The number of hydrogen-bond acceptors (Lipinski definition) is 2. The molecule has 0 atom stereocenters. The molecule has 0 aliphatic heterocycles. The maximum absolute atomic E-state index is 8.67. The lowest BCUT2D eigenvalue weighted by Gasteiger charge is -2.13. The van der Waals surface area contributed by atoms with Crippen LogP contribution in [-0.2, 0) is 0 Å². The van der Waals surface area contributed by atoms with Crippen molar-refractivity contribution < 1.29 is 0 Å². The Morgan fingerprint density at radius 1 is 0.492 bits per heavy atom. The molecule has 1 N–H and O–H groups in total. The number of amidine groups is 2. The van der Waals surface area contributed by atoms with Gasteiger partial charge in [-0.3, -0.25) is 5.41 Å². The topological polar surface area (TPSA) is 66.4 Å². The summed E-state index contributed by atoms with van der Waals surface area (Å²) in [5.74, 6) is 0.653. The van der Waals surface area contributed by atoms with Crippen LogP contribution in [0.2, 0.25) is 0 Å². The summed E-state index contributed by atoms with van der Waals surface area (Å²) in [6.07, 6.45) is 1.84. The van der Waals surface area contributed by atoms with Gasteiger partial charge in [-0.15, -0.1) is 0 Å². The van der Waals surface area contributed by atoms with E-state index in [1.165, 1.54) is 16.2 Å². The van der Waals surface area contributed by atoms with Crippen molar-refractivity contribution in [1.29, 1.82) is 5.41 Å². The van der Waals surface area contributed by atoms with Gasteiger partial charge in [0.05, 0.1) is 22.2 Å². The van der Waals surface area contributed by atoms with Crippen molar-refractivity contribution >= 4 is 72.1 Å². The van der Waals surface area contributed by atoms with Gasteiger partial charge in [0.25, 0.3) is 0 Å². The molecular formula is C56H37N5. The molecule has 9 aromatic carbocycles. The number of hydrogen-bond donors (Lipinski definition) is 1. The molecule has 5 heteroatoms. The van der Waals surface area contributed by atoms with Gasteiger partial charge in [-0.05, 0) is 69.8 Å². The van der Waals surface area contributed by atoms with E-state index >= 15 is 0 Å². The first-order valence-electron chi connectivity index (χ1n) is 20.4. The quantitative estimate of drug-likeness (QED) is 0.102. The van der Waals surface area contributed by atoms with Crippen LogP contribution < -0.4 is 0 Å². The maximum Gasteiger partial charge on any atom is 0.161 e. The minimum atomic E-state index is 0.166. The summed E-state index contributed by atoms with van der Waals surface area (Å²) in [6.45, 7) is 0. The predicted octanol–water partition coefficient (Wildman–Crippen LogP) is 13.9. The Morgan fingerprint density at radius 2 is 1.15 bits per heavy atom. The standard InChI is InChI=1S/C56H37N5/c57-55(39-18-7-2-8-19-39)60-56(40-20-9-3-10-21-40)58-36-37-28-29-42-33-43(31-30-41(42)32-37)45-25-15-26-47-49-34-50-48(35-52(49)61(54(45)47)44-22-11-4-12-23-44)46-24-13-14-27-51(46)59-53(50)38-16-5-1-6-17-38/h1-36,57H. The highest BCUT2D eigenvalue weighted by atomic mass is 15.0. The van der Waals surface area contributed by atoms with Crippen molar-refractivity contribution in [3.63, 3.8) is 0 Å². The zero-order valence-corrected chi connectivity index (χ0v) is 33.1. The van der Waals surface area contributed by atoms with Gasteiger partial charge in [-0.2, -0.15) is 0 Å². The van der Waals surface area contributed by atoms with Crippen molar-refractivity contribution in [2.24, 2.45) is 9.98 Å². The molecule has 0 aliphatic rings. The molecule has 0 bridgehead atoms. The third-order valence-electron chi connectivity index (χ3n) is 11.5. The van der Waals surface area contributed by atoms with Crippen LogP contribution in [0.4, 0.5) is 0 Å². The molecule has 0 fully saturated rings. The van der Waals surface area contributed by atoms with E-state index in [1.807, 2.05) is 66.9 Å². The van der Waals surface area contributed by atoms with Crippen LogP contribution in [0.1, 0.15) is 16.7 Å². The van der Waals surface area contributed by atoms with E-state index in [1.54, 1.807) is 0 Å². The van der Waals surface area contributed by atoms with Gasteiger partial charge in [-0.1, -0.05) is 170 Å². The van der Waals surface area contributed by atoms with Crippen molar-refractivity contribution in [2.45, 2.75) is 0 Å². The number of fused-ring (bicyclic) bond motifs is 7. The highest BCUT2D eigenvalue weighted by Gasteiger charge is 2.20. The summed E-state index contributed by atoms with van der Waals surface area (Å²) < 4.78 is 2.43. The summed E-state index contributed by atoms with van der Waals surface area (Å²) in [5, 5.41) is 16.7. The molecular weight excluding hydrogens is 743 g/mol. The third-order valence-corrected chi connectivity index (χ3v) is 11.5. The molecule has 0 unspecified atom stereocenters. The molecule has 61 heavy (non-hydrogen) atoms. The summed E-state index contributed by atoms with van der Waals surface area (Å²) in [6, 6.07) is 73.6. The minimum Gasteiger partial charge on any atom is -0.309 e. The number of para-hydroxylation sites is 3. The Labute approximate surface area is 352 Å². The van der Waals surface area contributed by atoms with E-state index in [-0.39, 0.29) is 5.84 Å². The normalized spacial score (nSPS) is 12.0. The van der Waals surface area contributed by atoms with Crippen LogP contribution in [0, 0.1) is 5.41 Å². The van der Waals surface area contributed by atoms with Gasteiger partial charge in [0.2, 0.25) is 0 Å². The Hall–Kier alpha value is -8.28. The van der Waals surface area contributed by atoms with Crippen molar-refractivity contribution in [3.8, 4) is 28.1 Å². The molecule has 11 aromatic rings. The number of aliphatic imine (C=N–C) groups is 2. The Bertz CT molecular complexity index is 3520. The average Bonchev–Trinajstić information content (AvgIpc) is 3.66. The van der Waals surface area contributed by atoms with Crippen LogP contribution in [0.5, 0.6) is 0 Å². The van der Waals surface area contributed by atoms with Gasteiger partial charge in [-0.25, -0.2) is 15.0 Å². The first-order valence-corrected chi connectivity index (χ1v) is 20.4. The maximum atomic E-state index is 8.67. The molecule has 11 rings (SSSR count). The molecule has 2 heterocycles. The van der Waals surface area contributed by atoms with Crippen LogP contribution in [0.15, 0.2) is 222 Å². The molecule has 5 nitrogen and oxygen atoms in total. The Kier molecular flexibility index (Phi) is 8.90. The number of nitrogens with zero attached hydrogens (tertiary/aromatic N) is 4. The summed E-state index contributed by atoms with van der Waals surface area (Å²) in [7, 11) is 0. The largest absolute Gasteiger partial charge is 0.309 e. The van der Waals surface area contributed by atoms with Gasteiger partial charge in [0.1, 0.15) is 0 Å². The number of aromatic nitrogens is 2. The van der Waals surface area contributed by atoms with Crippen molar-refractivity contribution in [1.82, 2.24) is 9.55 Å². The van der Waals surface area contributed by atoms with E-state index in [0.29, 0.717) is 5.84 Å². The average molecular weight is 780 g/mol. The molecule has 0 saturated carbocycles. The highest BCUT2D eigenvalue weighted by molar-refractivity contribution is 6.22. The molecule has 286 valence electrons. The van der Waals surface area contributed by atoms with E-state index in [4.69, 9.17) is 15.4 Å². The lowest BCUT2D eigenvalue weighted by Crippen LogP contribution is -2.04. The SMILES string of the molecule is N=C(N=C(N=Cc1ccc2cc(-c3cccc4c5cc6c(-c7ccccc7)nc7ccccc7c6cc5n(-c5ccccc5)c34)ccc2c1)c1ccccc1)c1ccccc1. The van der Waals surface area contributed by atoms with E-state index in [0.717, 1.165) is 82.9 Å². The lowest BCUT2D eigenvalue weighted by atomic mass is 9.96. The predicted molar refractivity (Wildman–Crippen MR) is 256 cm³/mol. The lowest BCUT2D eigenvalue weighted by molar-refractivity contribution is 1.18. The van der Waals surface area contributed by atoms with Crippen molar-refractivity contribution in [3.05, 3.63) is 229 Å². The smallest absolute Gasteiger partial charge is 0.161 e. The fourth-order valence-electron chi connectivity index (χ4n) is 8.57. The highest BCUT2D eigenvalue weighted by Crippen LogP contribution is 2.43. The number of rotatable bonds is 6. The van der Waals surface area contributed by atoms with E-state index in [2.05, 4.69) is 161 Å². The molecule has 0 amide bonds. The third kappa shape index (κ3) is 6.55. The number of nitrogens with one attached hydrogen (secondary N) is 1. The summed E-state index contributed by atoms with van der Waals surface area (Å²) in [5.41, 5.74) is 11.3. The van der Waals surface area contributed by atoms with Crippen LogP contribution in [0.3, 0.4) is 0 Å². The van der Waals surface area contributed by atoms with Gasteiger partial charge in [0, 0.05) is 55.7 Å². The monoisotopic (exact) mass is 779 g/mol. The van der Waals surface area contributed by atoms with E-state index in [9.17, 15) is 0 Å².